The zero-order valence-electron chi connectivity index (χ0n) is 7.15. The maximum Gasteiger partial charge on any atom is 0.0283 e. The van der Waals surface area contributed by atoms with Gasteiger partial charge in [0.25, 0.3) is 0 Å². The summed E-state index contributed by atoms with van der Waals surface area (Å²) < 4.78 is 0. The normalized spacial score (nSPS) is 14.8. The molecule has 2 N–H and O–H groups in total. The minimum atomic E-state index is 1.15. The highest BCUT2D eigenvalue weighted by Gasteiger charge is 1.91. The number of hydrogen-bond acceptors (Lipinski definition) is 2. The predicted molar refractivity (Wildman–Crippen MR) is 45.1 cm³/mol. The van der Waals surface area contributed by atoms with Gasteiger partial charge in [-0.1, -0.05) is 13.8 Å². The Hall–Kier alpha value is -0.920. The van der Waals surface area contributed by atoms with Gasteiger partial charge in [0.05, 0.1) is 0 Å². The fourth-order valence-electron chi connectivity index (χ4n) is 0.531. The number of rotatable bonds is 0. The van der Waals surface area contributed by atoms with Gasteiger partial charge in [-0.2, -0.15) is 0 Å². The van der Waals surface area contributed by atoms with Gasteiger partial charge in [-0.05, 0) is 26.0 Å². The summed E-state index contributed by atoms with van der Waals surface area (Å²) in [4.78, 5) is 0. The van der Waals surface area contributed by atoms with E-state index in [1.807, 2.05) is 39.8 Å². The molecule has 0 aromatic rings. The molecule has 0 unspecified atom stereocenters. The van der Waals surface area contributed by atoms with Crippen LogP contribution in [0.4, 0.5) is 0 Å². The predicted octanol–water partition coefficient (Wildman–Crippen LogP) is 1.93. The molecule has 0 aromatic carbocycles. The Morgan fingerprint density at radius 1 is 0.900 bits per heavy atom. The van der Waals surface area contributed by atoms with Crippen LogP contribution in [-0.4, -0.2) is 0 Å². The third kappa shape index (κ3) is 3.17. The van der Waals surface area contributed by atoms with Crippen molar-refractivity contribution in [1.82, 2.24) is 10.9 Å². The monoisotopic (exact) mass is 140 g/mol. The van der Waals surface area contributed by atoms with Gasteiger partial charge in [0, 0.05) is 11.4 Å². The maximum absolute atomic E-state index is 2.97. The molecule has 10 heavy (non-hydrogen) atoms. The van der Waals surface area contributed by atoms with Crippen molar-refractivity contribution in [2.24, 2.45) is 0 Å². The van der Waals surface area contributed by atoms with Crippen LogP contribution in [0.15, 0.2) is 23.5 Å². The summed E-state index contributed by atoms with van der Waals surface area (Å²) in [5.74, 6) is 0. The largest absolute Gasteiger partial charge is 0.306 e. The zero-order valence-corrected chi connectivity index (χ0v) is 7.15. The second-order valence-corrected chi connectivity index (χ2v) is 1.95. The van der Waals surface area contributed by atoms with Gasteiger partial charge in [0.1, 0.15) is 0 Å². The SMILES string of the molecule is CC.CC1=CC=C(C)NN1. The quantitative estimate of drug-likeness (QED) is 0.537. The van der Waals surface area contributed by atoms with Gasteiger partial charge >= 0.3 is 0 Å². The Balaban J connectivity index is 0.000000371. The van der Waals surface area contributed by atoms with Crippen LogP contribution in [0.1, 0.15) is 27.7 Å². The molecule has 0 saturated heterocycles. The van der Waals surface area contributed by atoms with Crippen molar-refractivity contribution in [2.75, 3.05) is 0 Å². The van der Waals surface area contributed by atoms with E-state index in [1.54, 1.807) is 0 Å². The maximum atomic E-state index is 2.97. The lowest BCUT2D eigenvalue weighted by Gasteiger charge is -2.13. The first kappa shape index (κ1) is 9.08. The van der Waals surface area contributed by atoms with Crippen LogP contribution in [0, 0.1) is 0 Å². The smallest absolute Gasteiger partial charge is 0.0283 e. The van der Waals surface area contributed by atoms with E-state index in [-0.39, 0.29) is 0 Å². The molecule has 0 bridgehead atoms. The topological polar surface area (TPSA) is 24.1 Å². The Morgan fingerprint density at radius 3 is 1.40 bits per heavy atom. The molecule has 58 valence electrons. The lowest BCUT2D eigenvalue weighted by atomic mass is 10.3. The van der Waals surface area contributed by atoms with Gasteiger partial charge in [0.15, 0.2) is 0 Å². The van der Waals surface area contributed by atoms with Crippen LogP contribution in [0.3, 0.4) is 0 Å². The van der Waals surface area contributed by atoms with Crippen molar-refractivity contribution in [3.05, 3.63) is 23.5 Å². The van der Waals surface area contributed by atoms with Crippen molar-refractivity contribution >= 4 is 0 Å². The number of allylic oxidation sites excluding steroid dienone is 4. The first-order valence-corrected chi connectivity index (χ1v) is 3.66. The molecule has 0 fully saturated rings. The van der Waals surface area contributed by atoms with E-state index in [0.717, 1.165) is 11.4 Å². The molecule has 0 aliphatic carbocycles. The molecule has 2 nitrogen and oxygen atoms in total. The van der Waals surface area contributed by atoms with E-state index in [2.05, 4.69) is 10.9 Å². The summed E-state index contributed by atoms with van der Waals surface area (Å²) in [6.07, 6.45) is 4.07. The molecule has 0 saturated carbocycles. The second-order valence-electron chi connectivity index (χ2n) is 1.95. The Labute approximate surface area is 63.0 Å². The van der Waals surface area contributed by atoms with Crippen LogP contribution in [-0.2, 0) is 0 Å². The molecular weight excluding hydrogens is 124 g/mol. The lowest BCUT2D eigenvalue weighted by molar-refractivity contribution is 0.678. The minimum Gasteiger partial charge on any atom is -0.306 e. The van der Waals surface area contributed by atoms with Gasteiger partial charge in [0.2, 0.25) is 0 Å². The van der Waals surface area contributed by atoms with Gasteiger partial charge < -0.3 is 10.9 Å². The molecule has 0 radical (unpaired) electrons. The van der Waals surface area contributed by atoms with E-state index in [0.29, 0.717) is 0 Å². The van der Waals surface area contributed by atoms with E-state index < -0.39 is 0 Å². The van der Waals surface area contributed by atoms with Crippen molar-refractivity contribution in [3.63, 3.8) is 0 Å². The third-order valence-corrected chi connectivity index (χ3v) is 1.04. The van der Waals surface area contributed by atoms with Crippen molar-refractivity contribution in [1.29, 1.82) is 0 Å². The molecule has 0 spiro atoms. The lowest BCUT2D eigenvalue weighted by Crippen LogP contribution is -2.30. The van der Waals surface area contributed by atoms with E-state index >= 15 is 0 Å². The Kier molecular flexibility index (Phi) is 4.46. The fourth-order valence-corrected chi connectivity index (χ4v) is 0.531. The van der Waals surface area contributed by atoms with Crippen LogP contribution in [0.2, 0.25) is 0 Å². The number of hydrazine groups is 1. The molecule has 1 rings (SSSR count). The van der Waals surface area contributed by atoms with Gasteiger partial charge in [-0.25, -0.2) is 0 Å². The van der Waals surface area contributed by atoms with Crippen molar-refractivity contribution in [2.45, 2.75) is 27.7 Å². The molecule has 1 aliphatic rings. The van der Waals surface area contributed by atoms with Crippen LogP contribution in [0.5, 0.6) is 0 Å². The van der Waals surface area contributed by atoms with E-state index in [1.165, 1.54) is 0 Å². The van der Waals surface area contributed by atoms with E-state index in [4.69, 9.17) is 0 Å². The molecule has 0 aromatic heterocycles. The Bertz CT molecular complexity index is 127. The molecule has 1 aliphatic heterocycles. The van der Waals surface area contributed by atoms with Gasteiger partial charge in [-0.3, -0.25) is 0 Å². The van der Waals surface area contributed by atoms with Gasteiger partial charge in [-0.15, -0.1) is 0 Å². The second kappa shape index (κ2) is 4.91. The molecular formula is C8H16N2. The molecule has 1 heterocycles. The molecule has 2 heteroatoms. The number of hydrogen-bond donors (Lipinski definition) is 2. The fraction of sp³-hybridized carbons (Fsp3) is 0.500. The summed E-state index contributed by atoms with van der Waals surface area (Å²) in [5, 5.41) is 0. The highest BCUT2D eigenvalue weighted by Crippen LogP contribution is 1.95. The van der Waals surface area contributed by atoms with Crippen LogP contribution < -0.4 is 10.9 Å². The zero-order chi connectivity index (χ0) is 7.98. The van der Waals surface area contributed by atoms with E-state index in [9.17, 15) is 0 Å². The third-order valence-electron chi connectivity index (χ3n) is 1.04. The average molecular weight is 140 g/mol. The summed E-state index contributed by atoms with van der Waals surface area (Å²) in [6.45, 7) is 8.02. The molecule has 0 amide bonds. The first-order valence-electron chi connectivity index (χ1n) is 3.66. The summed E-state index contributed by atoms with van der Waals surface area (Å²) >= 11 is 0. The Morgan fingerprint density at radius 2 is 1.20 bits per heavy atom. The van der Waals surface area contributed by atoms with Crippen LogP contribution in [0.25, 0.3) is 0 Å². The molecule has 0 atom stereocenters. The van der Waals surface area contributed by atoms with Crippen LogP contribution >= 0.6 is 0 Å². The summed E-state index contributed by atoms with van der Waals surface area (Å²) in [6, 6.07) is 0. The average Bonchev–Trinajstić information content (AvgIpc) is 2.00. The summed E-state index contributed by atoms with van der Waals surface area (Å²) in [5.41, 5.74) is 8.25. The number of nitrogens with one attached hydrogen (secondary N) is 2. The standard InChI is InChI=1S/C6H10N2.C2H6/c1-5-3-4-6(2)8-7-5;1-2/h3-4,7-8H,1-2H3;1-2H3. The highest BCUT2D eigenvalue weighted by molar-refractivity contribution is 5.17. The first-order chi connectivity index (χ1) is 4.79. The highest BCUT2D eigenvalue weighted by atomic mass is 15.4. The minimum absolute atomic E-state index is 1.15. The van der Waals surface area contributed by atoms with Crippen molar-refractivity contribution < 1.29 is 0 Å². The summed E-state index contributed by atoms with van der Waals surface area (Å²) in [7, 11) is 0. The van der Waals surface area contributed by atoms with Crippen molar-refractivity contribution in [3.8, 4) is 0 Å².